The van der Waals surface area contributed by atoms with Crippen LogP contribution in [0.1, 0.15) is 25.0 Å². The molecule has 2 atom stereocenters. The molecular formula is C21H24O5. The van der Waals surface area contributed by atoms with Crippen molar-refractivity contribution in [2.75, 3.05) is 26.4 Å². The second kappa shape index (κ2) is 6.82. The molecule has 138 valence electrons. The van der Waals surface area contributed by atoms with Crippen LogP contribution < -0.4 is 9.47 Å². The Balaban J connectivity index is 1.46. The SMILES string of the molecule is CC(C)(c1ccc(OCC2CO2)cc1)c1ccc(OCC2CO2)c(O)c1. The van der Waals surface area contributed by atoms with Gasteiger partial charge >= 0.3 is 0 Å². The van der Waals surface area contributed by atoms with Gasteiger partial charge in [0.25, 0.3) is 0 Å². The quantitative estimate of drug-likeness (QED) is 0.736. The molecule has 1 N–H and O–H groups in total. The maximum Gasteiger partial charge on any atom is 0.161 e. The van der Waals surface area contributed by atoms with E-state index in [1.807, 2.05) is 24.3 Å². The molecule has 2 aromatic carbocycles. The van der Waals surface area contributed by atoms with E-state index in [0.29, 0.717) is 19.0 Å². The number of phenols is 1. The van der Waals surface area contributed by atoms with Gasteiger partial charge in [0.05, 0.1) is 13.2 Å². The van der Waals surface area contributed by atoms with Gasteiger partial charge in [0.15, 0.2) is 11.5 Å². The van der Waals surface area contributed by atoms with Crippen LogP contribution in [0.25, 0.3) is 0 Å². The number of epoxide rings is 2. The average Bonchev–Trinajstić information content (AvgIpc) is 3.54. The van der Waals surface area contributed by atoms with Crippen molar-refractivity contribution >= 4 is 0 Å². The molecule has 4 rings (SSSR count). The summed E-state index contributed by atoms with van der Waals surface area (Å²) in [7, 11) is 0. The minimum atomic E-state index is -0.256. The first-order valence-corrected chi connectivity index (χ1v) is 8.95. The van der Waals surface area contributed by atoms with Crippen molar-refractivity contribution in [3.8, 4) is 17.2 Å². The highest BCUT2D eigenvalue weighted by atomic mass is 16.6. The van der Waals surface area contributed by atoms with E-state index in [2.05, 4.69) is 26.0 Å². The van der Waals surface area contributed by atoms with E-state index >= 15 is 0 Å². The van der Waals surface area contributed by atoms with Crippen LogP contribution in [0, 0.1) is 0 Å². The van der Waals surface area contributed by atoms with Crippen LogP contribution in [-0.2, 0) is 14.9 Å². The molecule has 26 heavy (non-hydrogen) atoms. The Morgan fingerprint density at radius 1 is 0.923 bits per heavy atom. The van der Waals surface area contributed by atoms with Gasteiger partial charge in [-0.05, 0) is 35.4 Å². The zero-order chi connectivity index (χ0) is 18.1. The summed E-state index contributed by atoms with van der Waals surface area (Å²) in [5.74, 6) is 1.49. The number of phenolic OH excluding ortho intramolecular Hbond substituents is 1. The van der Waals surface area contributed by atoms with Crippen molar-refractivity contribution in [2.24, 2.45) is 0 Å². The van der Waals surface area contributed by atoms with Crippen LogP contribution in [0.4, 0.5) is 0 Å². The molecule has 2 heterocycles. The second-order valence-electron chi connectivity index (χ2n) is 7.36. The molecule has 0 aliphatic carbocycles. The van der Waals surface area contributed by atoms with E-state index in [9.17, 15) is 5.11 Å². The Morgan fingerprint density at radius 3 is 2.08 bits per heavy atom. The maximum atomic E-state index is 10.3. The standard InChI is InChI=1S/C21H24O5/c1-21(2,14-3-6-16(7-4-14)23-10-17-11-24-17)15-5-8-20(19(22)9-15)26-13-18-12-25-18/h3-9,17-18,22H,10-13H2,1-2H3. The monoisotopic (exact) mass is 356 g/mol. The molecule has 2 aliphatic heterocycles. The molecule has 0 aromatic heterocycles. The minimum absolute atomic E-state index is 0.153. The summed E-state index contributed by atoms with van der Waals surface area (Å²) in [5, 5.41) is 10.3. The Bertz CT molecular complexity index is 760. The van der Waals surface area contributed by atoms with Crippen molar-refractivity contribution in [2.45, 2.75) is 31.5 Å². The summed E-state index contributed by atoms with van der Waals surface area (Å²) in [5.41, 5.74) is 1.91. The molecule has 0 saturated carbocycles. The lowest BCUT2D eigenvalue weighted by atomic mass is 9.78. The van der Waals surface area contributed by atoms with E-state index in [1.165, 1.54) is 0 Å². The third kappa shape index (κ3) is 3.94. The highest BCUT2D eigenvalue weighted by molar-refractivity contribution is 5.48. The summed E-state index contributed by atoms with van der Waals surface area (Å²) in [6, 6.07) is 13.7. The molecule has 2 aromatic rings. The smallest absolute Gasteiger partial charge is 0.161 e. The number of ether oxygens (including phenoxy) is 4. The largest absolute Gasteiger partial charge is 0.504 e. The van der Waals surface area contributed by atoms with E-state index in [4.69, 9.17) is 18.9 Å². The second-order valence-corrected chi connectivity index (χ2v) is 7.36. The molecule has 2 saturated heterocycles. The first-order chi connectivity index (χ1) is 12.5. The first kappa shape index (κ1) is 17.2. The number of rotatable bonds is 8. The predicted molar refractivity (Wildman–Crippen MR) is 97.1 cm³/mol. The molecule has 0 spiro atoms. The molecular weight excluding hydrogens is 332 g/mol. The topological polar surface area (TPSA) is 63.8 Å². The number of aromatic hydroxyl groups is 1. The van der Waals surface area contributed by atoms with Crippen LogP contribution in [0.15, 0.2) is 42.5 Å². The van der Waals surface area contributed by atoms with Crippen LogP contribution >= 0.6 is 0 Å². The number of benzene rings is 2. The van der Waals surface area contributed by atoms with Gasteiger partial charge in [-0.25, -0.2) is 0 Å². The Hall–Kier alpha value is -2.24. The van der Waals surface area contributed by atoms with E-state index in [1.54, 1.807) is 6.07 Å². The van der Waals surface area contributed by atoms with Gasteiger partial charge in [0.1, 0.15) is 31.2 Å². The predicted octanol–water partition coefficient (Wildman–Crippen LogP) is 3.27. The lowest BCUT2D eigenvalue weighted by molar-refractivity contribution is 0.254. The van der Waals surface area contributed by atoms with Gasteiger partial charge in [-0.1, -0.05) is 32.0 Å². The summed E-state index contributed by atoms with van der Waals surface area (Å²) < 4.78 is 21.6. The van der Waals surface area contributed by atoms with Gasteiger partial charge in [0, 0.05) is 5.41 Å². The zero-order valence-corrected chi connectivity index (χ0v) is 15.1. The summed E-state index contributed by atoms with van der Waals surface area (Å²) in [4.78, 5) is 0. The lowest BCUT2D eigenvalue weighted by Crippen LogP contribution is -2.19. The van der Waals surface area contributed by atoms with Crippen LogP contribution in [-0.4, -0.2) is 43.7 Å². The van der Waals surface area contributed by atoms with Gasteiger partial charge in [-0.3, -0.25) is 0 Å². The lowest BCUT2D eigenvalue weighted by Gasteiger charge is -2.27. The average molecular weight is 356 g/mol. The highest BCUT2D eigenvalue weighted by Crippen LogP contribution is 2.37. The molecule has 0 amide bonds. The van der Waals surface area contributed by atoms with Crippen molar-refractivity contribution in [3.63, 3.8) is 0 Å². The van der Waals surface area contributed by atoms with E-state index in [0.717, 1.165) is 30.1 Å². The molecule has 0 radical (unpaired) electrons. The molecule has 2 unspecified atom stereocenters. The highest BCUT2D eigenvalue weighted by Gasteiger charge is 2.26. The third-order valence-corrected chi connectivity index (χ3v) is 4.92. The van der Waals surface area contributed by atoms with Crippen molar-refractivity contribution in [1.29, 1.82) is 0 Å². The van der Waals surface area contributed by atoms with E-state index < -0.39 is 0 Å². The minimum Gasteiger partial charge on any atom is -0.504 e. The van der Waals surface area contributed by atoms with Crippen molar-refractivity contribution in [1.82, 2.24) is 0 Å². The van der Waals surface area contributed by atoms with Gasteiger partial charge in [-0.15, -0.1) is 0 Å². The fraction of sp³-hybridized carbons (Fsp3) is 0.429. The molecule has 2 fully saturated rings. The van der Waals surface area contributed by atoms with E-state index in [-0.39, 0.29) is 23.4 Å². The Labute approximate surface area is 153 Å². The maximum absolute atomic E-state index is 10.3. The first-order valence-electron chi connectivity index (χ1n) is 8.95. The summed E-state index contributed by atoms with van der Waals surface area (Å²) >= 11 is 0. The summed E-state index contributed by atoms with van der Waals surface area (Å²) in [6.45, 7) is 6.87. The van der Waals surface area contributed by atoms with Crippen molar-refractivity contribution < 1.29 is 24.1 Å². The van der Waals surface area contributed by atoms with Crippen LogP contribution in [0.5, 0.6) is 17.2 Å². The van der Waals surface area contributed by atoms with Gasteiger partial charge < -0.3 is 24.1 Å². The Morgan fingerprint density at radius 2 is 1.50 bits per heavy atom. The fourth-order valence-electron chi connectivity index (χ4n) is 2.86. The third-order valence-electron chi connectivity index (χ3n) is 4.92. The number of hydrogen-bond acceptors (Lipinski definition) is 5. The zero-order valence-electron chi connectivity index (χ0n) is 15.1. The molecule has 5 heteroatoms. The van der Waals surface area contributed by atoms with Crippen LogP contribution in [0.3, 0.4) is 0 Å². The molecule has 5 nitrogen and oxygen atoms in total. The number of hydrogen-bond donors (Lipinski definition) is 1. The van der Waals surface area contributed by atoms with Gasteiger partial charge in [-0.2, -0.15) is 0 Å². The summed E-state index contributed by atoms with van der Waals surface area (Å²) in [6.07, 6.45) is 0.416. The molecule has 0 bridgehead atoms. The molecule has 2 aliphatic rings. The van der Waals surface area contributed by atoms with Crippen LogP contribution in [0.2, 0.25) is 0 Å². The van der Waals surface area contributed by atoms with Gasteiger partial charge in [0.2, 0.25) is 0 Å². The fourth-order valence-corrected chi connectivity index (χ4v) is 2.86. The Kier molecular flexibility index (Phi) is 4.51. The van der Waals surface area contributed by atoms with Crippen molar-refractivity contribution in [3.05, 3.63) is 53.6 Å². The normalized spacial score (nSPS) is 21.3.